The van der Waals surface area contributed by atoms with Gasteiger partial charge in [-0.3, -0.25) is 13.9 Å². The molecule has 2 amide bonds. The van der Waals surface area contributed by atoms with Gasteiger partial charge in [-0.1, -0.05) is 84.8 Å². The number of nitrogens with one attached hydrogen (secondary N) is 1. The van der Waals surface area contributed by atoms with Crippen molar-refractivity contribution in [2.24, 2.45) is 0 Å². The number of hydrogen-bond acceptors (Lipinski definition) is 5. The predicted octanol–water partition coefficient (Wildman–Crippen LogP) is 6.41. The highest BCUT2D eigenvalue weighted by Gasteiger charge is 2.35. The van der Waals surface area contributed by atoms with Gasteiger partial charge < -0.3 is 15.0 Å². The summed E-state index contributed by atoms with van der Waals surface area (Å²) in [5.41, 5.74) is 2.94. The molecule has 2 atom stereocenters. The lowest BCUT2D eigenvalue weighted by Crippen LogP contribution is -2.54. The molecule has 0 heterocycles. The van der Waals surface area contributed by atoms with Crippen molar-refractivity contribution in [1.82, 2.24) is 10.2 Å². The molecule has 0 fully saturated rings. The van der Waals surface area contributed by atoms with E-state index in [1.165, 1.54) is 30.2 Å². The Kier molecular flexibility index (Phi) is 11.8. The first kappa shape index (κ1) is 34.5. The number of aryl methyl sites for hydroxylation is 1. The van der Waals surface area contributed by atoms with E-state index in [4.69, 9.17) is 16.3 Å². The fourth-order valence-corrected chi connectivity index (χ4v) is 6.51. The molecule has 0 radical (unpaired) electrons. The number of benzene rings is 4. The van der Waals surface area contributed by atoms with Crippen molar-refractivity contribution in [3.05, 3.63) is 125 Å². The second-order valence-corrected chi connectivity index (χ2v) is 13.5. The molecular weight excluding hydrogens is 622 g/mol. The number of hydrogen-bond donors (Lipinski definition) is 1. The monoisotopic (exact) mass is 661 g/mol. The quantitative estimate of drug-likeness (QED) is 0.169. The average Bonchev–Trinajstić information content (AvgIpc) is 3.06. The number of carbonyl (C=O) groups is 2. The van der Waals surface area contributed by atoms with Crippen molar-refractivity contribution in [2.45, 2.75) is 57.1 Å². The molecule has 0 aromatic heterocycles. The Hall–Kier alpha value is -4.34. The third-order valence-corrected chi connectivity index (χ3v) is 9.79. The maximum absolute atomic E-state index is 14.5. The Labute approximate surface area is 277 Å². The maximum atomic E-state index is 14.5. The van der Waals surface area contributed by atoms with Crippen molar-refractivity contribution >= 4 is 39.1 Å². The Balaban J connectivity index is 1.80. The molecule has 1 N–H and O–H groups in total. The van der Waals surface area contributed by atoms with Crippen LogP contribution in [0, 0.1) is 6.92 Å². The Bertz CT molecular complexity index is 1720. The molecule has 0 saturated carbocycles. The fraction of sp³-hybridized carbons (Fsp3) is 0.278. The van der Waals surface area contributed by atoms with E-state index >= 15 is 0 Å². The first-order valence-corrected chi connectivity index (χ1v) is 16.9. The van der Waals surface area contributed by atoms with Crippen LogP contribution in [0.5, 0.6) is 5.75 Å². The molecule has 10 heteroatoms. The molecule has 4 aromatic carbocycles. The minimum absolute atomic E-state index is 0.0264. The summed E-state index contributed by atoms with van der Waals surface area (Å²) < 4.78 is 34.6. The van der Waals surface area contributed by atoms with Crippen LogP contribution >= 0.6 is 11.6 Å². The minimum atomic E-state index is -4.26. The smallest absolute Gasteiger partial charge is 0.264 e. The topological polar surface area (TPSA) is 96.0 Å². The van der Waals surface area contributed by atoms with Gasteiger partial charge in [-0.15, -0.1) is 0 Å². The number of methoxy groups -OCH3 is 1. The number of sulfonamides is 1. The summed E-state index contributed by atoms with van der Waals surface area (Å²) in [6, 6.07) is 28.4. The van der Waals surface area contributed by atoms with E-state index in [1.54, 1.807) is 30.3 Å². The van der Waals surface area contributed by atoms with E-state index in [0.717, 1.165) is 21.0 Å². The third-order valence-electron chi connectivity index (χ3n) is 7.77. The largest absolute Gasteiger partial charge is 0.497 e. The number of amides is 2. The third kappa shape index (κ3) is 8.89. The number of carbonyl (C=O) groups excluding carboxylic acids is 2. The molecule has 8 nitrogen and oxygen atoms in total. The van der Waals surface area contributed by atoms with Crippen molar-refractivity contribution in [3.8, 4) is 5.75 Å². The van der Waals surface area contributed by atoms with Crippen LogP contribution in [0.3, 0.4) is 0 Å². The zero-order chi connectivity index (χ0) is 33.3. The molecule has 0 unspecified atom stereocenters. The highest BCUT2D eigenvalue weighted by molar-refractivity contribution is 7.92. The maximum Gasteiger partial charge on any atom is 0.264 e. The van der Waals surface area contributed by atoms with Gasteiger partial charge in [0, 0.05) is 24.0 Å². The Morgan fingerprint density at radius 3 is 2.17 bits per heavy atom. The van der Waals surface area contributed by atoms with E-state index in [2.05, 4.69) is 5.32 Å². The molecule has 4 aromatic rings. The Morgan fingerprint density at radius 1 is 0.891 bits per heavy atom. The summed E-state index contributed by atoms with van der Waals surface area (Å²) in [6.45, 7) is 5.38. The van der Waals surface area contributed by atoms with Gasteiger partial charge in [0.1, 0.15) is 18.3 Å². The second kappa shape index (κ2) is 15.8. The van der Waals surface area contributed by atoms with Crippen molar-refractivity contribution in [1.29, 1.82) is 0 Å². The van der Waals surface area contributed by atoms with Gasteiger partial charge in [-0.05, 0) is 73.9 Å². The fourth-order valence-electron chi connectivity index (χ4n) is 4.92. The number of anilines is 1. The summed E-state index contributed by atoms with van der Waals surface area (Å²) in [6.07, 6.45) is 0.946. The second-order valence-electron chi connectivity index (χ2n) is 11.2. The normalized spacial score (nSPS) is 12.5. The lowest BCUT2D eigenvalue weighted by molar-refractivity contribution is -0.140. The summed E-state index contributed by atoms with van der Waals surface area (Å²) in [4.78, 5) is 29.9. The predicted molar refractivity (Wildman–Crippen MR) is 183 cm³/mol. The molecule has 0 spiro atoms. The Morgan fingerprint density at radius 2 is 1.57 bits per heavy atom. The highest BCUT2D eigenvalue weighted by Crippen LogP contribution is 2.28. The van der Waals surface area contributed by atoms with E-state index in [0.29, 0.717) is 17.2 Å². The van der Waals surface area contributed by atoms with Crippen LogP contribution < -0.4 is 14.4 Å². The summed E-state index contributed by atoms with van der Waals surface area (Å²) in [7, 11) is -2.77. The summed E-state index contributed by atoms with van der Waals surface area (Å²) in [5, 5.41) is 3.36. The number of rotatable bonds is 14. The van der Waals surface area contributed by atoms with Gasteiger partial charge in [-0.2, -0.15) is 0 Å². The van der Waals surface area contributed by atoms with Gasteiger partial charge >= 0.3 is 0 Å². The average molecular weight is 662 g/mol. The molecule has 4 rings (SSSR count). The molecule has 242 valence electrons. The van der Waals surface area contributed by atoms with Gasteiger partial charge in [0.05, 0.1) is 17.7 Å². The number of halogens is 1. The number of nitrogens with zero attached hydrogens (tertiary/aromatic N) is 2. The van der Waals surface area contributed by atoms with Crippen LogP contribution in [-0.4, -0.2) is 50.9 Å². The van der Waals surface area contributed by atoms with E-state index in [-0.39, 0.29) is 35.5 Å². The first-order chi connectivity index (χ1) is 22.0. The lowest BCUT2D eigenvalue weighted by atomic mass is 10.0. The van der Waals surface area contributed by atoms with Crippen molar-refractivity contribution < 1.29 is 22.7 Å². The summed E-state index contributed by atoms with van der Waals surface area (Å²) >= 11 is 6.30. The van der Waals surface area contributed by atoms with Crippen molar-refractivity contribution in [3.63, 3.8) is 0 Å². The van der Waals surface area contributed by atoms with Crippen LogP contribution in [0.25, 0.3) is 0 Å². The standard InChI is InChI=1S/C36H40ClN3O5S/c1-5-27(3)38-36(42)34(22-28-10-7-6-8-11-28)39(24-29-16-14-26(2)15-17-29)35(41)25-40(31-13-9-12-30(37)23-31)46(43,44)33-20-18-32(45-4)19-21-33/h6-21,23,27,34H,5,22,24-25H2,1-4H3,(H,38,42)/t27-,34-/m0/s1. The first-order valence-electron chi connectivity index (χ1n) is 15.1. The SMILES string of the molecule is CC[C@H](C)NC(=O)[C@H](Cc1ccccc1)N(Cc1ccc(C)cc1)C(=O)CN(c1cccc(Cl)c1)S(=O)(=O)c1ccc(OC)cc1. The zero-order valence-corrected chi connectivity index (χ0v) is 28.1. The van der Waals surface area contributed by atoms with Gasteiger partial charge in [0.2, 0.25) is 11.8 Å². The van der Waals surface area contributed by atoms with Gasteiger partial charge in [0.15, 0.2) is 0 Å². The lowest BCUT2D eigenvalue weighted by Gasteiger charge is -2.34. The zero-order valence-electron chi connectivity index (χ0n) is 26.5. The minimum Gasteiger partial charge on any atom is -0.497 e. The molecule has 0 saturated heterocycles. The van der Waals surface area contributed by atoms with Crippen molar-refractivity contribution in [2.75, 3.05) is 18.0 Å². The molecular formula is C36H40ClN3O5S. The van der Waals surface area contributed by atoms with Gasteiger partial charge in [0.25, 0.3) is 10.0 Å². The van der Waals surface area contributed by atoms with Crippen LogP contribution in [0.1, 0.15) is 37.0 Å². The van der Waals surface area contributed by atoms with E-state index < -0.39 is 28.5 Å². The molecule has 0 aliphatic carbocycles. The van der Waals surface area contributed by atoms with Crippen LogP contribution in [-0.2, 0) is 32.6 Å². The molecule has 0 bridgehead atoms. The molecule has 0 aliphatic rings. The number of ether oxygens (including phenoxy) is 1. The van der Waals surface area contributed by atoms with E-state index in [9.17, 15) is 18.0 Å². The highest BCUT2D eigenvalue weighted by atomic mass is 35.5. The van der Waals surface area contributed by atoms with E-state index in [1.807, 2.05) is 75.4 Å². The van der Waals surface area contributed by atoms with Crippen LogP contribution in [0.2, 0.25) is 5.02 Å². The molecule has 46 heavy (non-hydrogen) atoms. The molecule has 0 aliphatic heterocycles. The van der Waals surface area contributed by atoms with Gasteiger partial charge in [-0.25, -0.2) is 8.42 Å². The van der Waals surface area contributed by atoms with Crippen LogP contribution in [0.15, 0.2) is 108 Å². The van der Waals surface area contributed by atoms with Crippen LogP contribution in [0.4, 0.5) is 5.69 Å². The summed E-state index contributed by atoms with van der Waals surface area (Å²) in [5.74, 6) is -0.367.